The molecule has 1 aromatic carbocycles. The summed E-state index contributed by atoms with van der Waals surface area (Å²) in [5, 5.41) is 0. The first kappa shape index (κ1) is 15.2. The van der Waals surface area contributed by atoms with E-state index in [9.17, 15) is 4.79 Å². The highest BCUT2D eigenvalue weighted by Gasteiger charge is 2.24. The van der Waals surface area contributed by atoms with Gasteiger partial charge in [-0.05, 0) is 55.4 Å². The molecule has 0 radical (unpaired) electrons. The van der Waals surface area contributed by atoms with E-state index in [4.69, 9.17) is 4.74 Å². The first-order valence-corrected chi connectivity index (χ1v) is 8.79. The van der Waals surface area contributed by atoms with Crippen molar-refractivity contribution in [2.45, 2.75) is 38.1 Å². The number of aryl methyl sites for hydroxylation is 2. The third-order valence-electron chi connectivity index (χ3n) is 5.13. The molecule has 1 aliphatic heterocycles. The minimum absolute atomic E-state index is 0.0697. The molecule has 0 bridgehead atoms. The number of carbonyl (C=O) groups excluding carboxylic acids is 1. The molecule has 1 fully saturated rings. The first-order valence-electron chi connectivity index (χ1n) is 8.79. The van der Waals surface area contributed by atoms with Gasteiger partial charge in [0.2, 0.25) is 0 Å². The second kappa shape index (κ2) is 6.67. The van der Waals surface area contributed by atoms with E-state index in [1.807, 2.05) is 23.5 Å². The molecule has 1 aromatic heterocycles. The van der Waals surface area contributed by atoms with Crippen LogP contribution in [0.2, 0.25) is 0 Å². The number of hydrogen-bond acceptors (Lipinski definition) is 3. The van der Waals surface area contributed by atoms with Crippen LogP contribution in [-0.2, 0) is 17.6 Å². The van der Waals surface area contributed by atoms with Gasteiger partial charge in [-0.1, -0.05) is 6.07 Å². The molecule has 5 nitrogen and oxygen atoms in total. The summed E-state index contributed by atoms with van der Waals surface area (Å²) in [5.41, 5.74) is 2.80. The Kier molecular flexibility index (Phi) is 4.24. The molecule has 2 heterocycles. The Balaban J connectivity index is 1.34. The Morgan fingerprint density at radius 3 is 3.04 bits per heavy atom. The topological polar surface area (TPSA) is 47.4 Å². The number of benzene rings is 1. The van der Waals surface area contributed by atoms with Crippen molar-refractivity contribution in [2.75, 3.05) is 19.7 Å². The summed E-state index contributed by atoms with van der Waals surface area (Å²) in [6, 6.07) is 6.55. The van der Waals surface area contributed by atoms with Crippen LogP contribution in [0.25, 0.3) is 0 Å². The van der Waals surface area contributed by atoms with E-state index in [-0.39, 0.29) is 12.5 Å². The van der Waals surface area contributed by atoms with Crippen LogP contribution in [0.3, 0.4) is 0 Å². The number of piperidine rings is 1. The van der Waals surface area contributed by atoms with E-state index in [0.29, 0.717) is 6.04 Å². The summed E-state index contributed by atoms with van der Waals surface area (Å²) in [6.07, 6.45) is 11.2. The van der Waals surface area contributed by atoms with Gasteiger partial charge in [-0.2, -0.15) is 0 Å². The molecule has 1 amide bonds. The van der Waals surface area contributed by atoms with Crippen molar-refractivity contribution in [1.29, 1.82) is 0 Å². The largest absolute Gasteiger partial charge is 0.484 e. The van der Waals surface area contributed by atoms with Gasteiger partial charge in [0.1, 0.15) is 5.75 Å². The lowest BCUT2D eigenvalue weighted by Crippen LogP contribution is -2.42. The van der Waals surface area contributed by atoms with Gasteiger partial charge in [-0.15, -0.1) is 0 Å². The van der Waals surface area contributed by atoms with Crippen LogP contribution < -0.4 is 4.74 Å². The second-order valence-corrected chi connectivity index (χ2v) is 6.72. The highest BCUT2D eigenvalue weighted by molar-refractivity contribution is 5.77. The highest BCUT2D eigenvalue weighted by atomic mass is 16.5. The van der Waals surface area contributed by atoms with Crippen LogP contribution in [0.5, 0.6) is 5.75 Å². The summed E-state index contributed by atoms with van der Waals surface area (Å²) in [6.45, 7) is 1.68. The van der Waals surface area contributed by atoms with Crippen LogP contribution >= 0.6 is 0 Å². The SMILES string of the molecule is O=C(COc1ccc2c(c1)CCC2)N1CCC[C@H](n2ccnc2)C1. The van der Waals surface area contributed by atoms with Gasteiger partial charge in [-0.25, -0.2) is 4.98 Å². The van der Waals surface area contributed by atoms with Crippen LogP contribution in [0.4, 0.5) is 0 Å². The summed E-state index contributed by atoms with van der Waals surface area (Å²) < 4.78 is 7.86. The zero-order chi connectivity index (χ0) is 16.4. The maximum atomic E-state index is 12.5. The quantitative estimate of drug-likeness (QED) is 0.868. The average molecular weight is 325 g/mol. The normalized spacial score (nSPS) is 20.0. The number of fused-ring (bicyclic) bond motifs is 1. The summed E-state index contributed by atoms with van der Waals surface area (Å²) in [7, 11) is 0. The predicted octanol–water partition coefficient (Wildman–Crippen LogP) is 2.61. The zero-order valence-electron chi connectivity index (χ0n) is 13.9. The molecule has 0 N–H and O–H groups in total. The fourth-order valence-corrected chi connectivity index (χ4v) is 3.78. The molecular weight excluding hydrogens is 302 g/mol. The van der Waals surface area contributed by atoms with E-state index in [1.165, 1.54) is 17.5 Å². The molecule has 0 saturated carbocycles. The molecule has 0 spiro atoms. The van der Waals surface area contributed by atoms with Crippen LogP contribution in [-0.4, -0.2) is 40.1 Å². The van der Waals surface area contributed by atoms with Crippen molar-refractivity contribution < 1.29 is 9.53 Å². The van der Waals surface area contributed by atoms with E-state index < -0.39 is 0 Å². The van der Waals surface area contributed by atoms with Crippen LogP contribution in [0, 0.1) is 0 Å². The van der Waals surface area contributed by atoms with Gasteiger partial charge >= 0.3 is 0 Å². The first-order chi connectivity index (χ1) is 11.8. The predicted molar refractivity (Wildman–Crippen MR) is 91.0 cm³/mol. The van der Waals surface area contributed by atoms with Crippen LogP contribution in [0.15, 0.2) is 36.9 Å². The number of hydrogen-bond donors (Lipinski definition) is 0. The molecule has 1 atom stereocenters. The molecule has 0 unspecified atom stereocenters. The number of carbonyl (C=O) groups is 1. The molecule has 5 heteroatoms. The Hall–Kier alpha value is -2.30. The summed E-state index contributed by atoms with van der Waals surface area (Å²) >= 11 is 0. The van der Waals surface area contributed by atoms with Crippen molar-refractivity contribution in [1.82, 2.24) is 14.5 Å². The summed E-state index contributed by atoms with van der Waals surface area (Å²) in [5.74, 6) is 0.882. The molecule has 126 valence electrons. The van der Waals surface area contributed by atoms with Crippen molar-refractivity contribution in [2.24, 2.45) is 0 Å². The van der Waals surface area contributed by atoms with Crippen LogP contribution in [0.1, 0.15) is 36.4 Å². The molecule has 1 aliphatic carbocycles. The third kappa shape index (κ3) is 3.16. The zero-order valence-corrected chi connectivity index (χ0v) is 13.9. The number of ether oxygens (including phenoxy) is 1. The third-order valence-corrected chi connectivity index (χ3v) is 5.13. The minimum atomic E-state index is 0.0697. The molecule has 24 heavy (non-hydrogen) atoms. The summed E-state index contributed by atoms with van der Waals surface area (Å²) in [4.78, 5) is 18.5. The lowest BCUT2D eigenvalue weighted by atomic mass is 10.1. The molecule has 2 aliphatic rings. The molecule has 2 aromatic rings. The Morgan fingerprint density at radius 1 is 1.25 bits per heavy atom. The van der Waals surface area contributed by atoms with E-state index >= 15 is 0 Å². The maximum Gasteiger partial charge on any atom is 0.260 e. The van der Waals surface area contributed by atoms with Crippen molar-refractivity contribution in [3.8, 4) is 5.75 Å². The van der Waals surface area contributed by atoms with Gasteiger partial charge in [0.25, 0.3) is 5.91 Å². The van der Waals surface area contributed by atoms with Gasteiger partial charge in [0.15, 0.2) is 6.61 Å². The smallest absolute Gasteiger partial charge is 0.260 e. The minimum Gasteiger partial charge on any atom is -0.484 e. The number of aromatic nitrogens is 2. The number of nitrogens with zero attached hydrogens (tertiary/aromatic N) is 3. The molecule has 4 rings (SSSR count). The maximum absolute atomic E-state index is 12.5. The lowest BCUT2D eigenvalue weighted by Gasteiger charge is -2.33. The van der Waals surface area contributed by atoms with E-state index in [1.54, 1.807) is 6.20 Å². The lowest BCUT2D eigenvalue weighted by molar-refractivity contribution is -0.135. The van der Waals surface area contributed by atoms with Gasteiger partial charge < -0.3 is 14.2 Å². The Morgan fingerprint density at radius 2 is 2.17 bits per heavy atom. The van der Waals surface area contributed by atoms with Gasteiger partial charge in [-0.3, -0.25) is 4.79 Å². The number of likely N-dealkylation sites (tertiary alicyclic amines) is 1. The Labute approximate surface area is 142 Å². The van der Waals surface area contributed by atoms with Crippen molar-refractivity contribution in [3.05, 3.63) is 48.0 Å². The fraction of sp³-hybridized carbons (Fsp3) is 0.474. The van der Waals surface area contributed by atoms with E-state index in [0.717, 1.165) is 44.5 Å². The number of amides is 1. The Bertz CT molecular complexity index is 711. The second-order valence-electron chi connectivity index (χ2n) is 6.72. The van der Waals surface area contributed by atoms with Crippen molar-refractivity contribution in [3.63, 3.8) is 0 Å². The van der Waals surface area contributed by atoms with Gasteiger partial charge in [0.05, 0.1) is 12.4 Å². The van der Waals surface area contributed by atoms with Gasteiger partial charge in [0, 0.05) is 25.5 Å². The number of rotatable bonds is 4. The molecule has 1 saturated heterocycles. The van der Waals surface area contributed by atoms with E-state index in [2.05, 4.69) is 21.7 Å². The monoisotopic (exact) mass is 325 g/mol. The number of imidazole rings is 1. The van der Waals surface area contributed by atoms with Crippen molar-refractivity contribution >= 4 is 5.91 Å². The fourth-order valence-electron chi connectivity index (χ4n) is 3.78. The standard InChI is InChI=1S/C19H23N3O2/c23-19(13-24-18-7-6-15-3-1-4-16(15)11-18)21-9-2-5-17(12-21)22-10-8-20-14-22/h6-8,10-11,14,17H,1-5,9,12-13H2/t17-/m0/s1. The highest BCUT2D eigenvalue weighted by Crippen LogP contribution is 2.26. The molecular formula is C19H23N3O2. The average Bonchev–Trinajstić information content (AvgIpc) is 3.30.